The Labute approximate surface area is 130 Å². The predicted octanol–water partition coefficient (Wildman–Crippen LogP) is 3.13. The minimum atomic E-state index is -0.0619. The number of hydrogen-bond acceptors (Lipinski definition) is 4. The van der Waals surface area contributed by atoms with Crippen LogP contribution in [0.4, 0.5) is 0 Å². The van der Waals surface area contributed by atoms with Gasteiger partial charge >= 0.3 is 0 Å². The molecule has 0 radical (unpaired) electrons. The molecule has 1 N–H and O–H groups in total. The highest BCUT2D eigenvalue weighted by Gasteiger charge is 2.22. The van der Waals surface area contributed by atoms with Crippen molar-refractivity contribution in [1.82, 2.24) is 25.1 Å². The van der Waals surface area contributed by atoms with Gasteiger partial charge in [0.25, 0.3) is 0 Å². The van der Waals surface area contributed by atoms with Gasteiger partial charge in [-0.2, -0.15) is 5.10 Å². The number of nitrogens with zero attached hydrogens (tertiary/aromatic N) is 4. The SMILES string of the molecule is CCCNC(c1ccnc(C)n1)c1c(Cl)cnn1CCC. The average Bonchev–Trinajstić information content (AvgIpc) is 2.82. The maximum absolute atomic E-state index is 6.38. The highest BCUT2D eigenvalue weighted by atomic mass is 35.5. The molecule has 2 heterocycles. The Bertz CT molecular complexity index is 581. The van der Waals surface area contributed by atoms with Gasteiger partial charge < -0.3 is 5.32 Å². The fraction of sp³-hybridized carbons (Fsp3) is 0.533. The van der Waals surface area contributed by atoms with E-state index < -0.39 is 0 Å². The molecular formula is C15H22ClN5. The van der Waals surface area contributed by atoms with Gasteiger partial charge in [-0.05, 0) is 32.4 Å². The van der Waals surface area contributed by atoms with Crippen molar-refractivity contribution in [2.24, 2.45) is 0 Å². The van der Waals surface area contributed by atoms with Gasteiger partial charge in [0.1, 0.15) is 5.82 Å². The lowest BCUT2D eigenvalue weighted by atomic mass is 10.1. The smallest absolute Gasteiger partial charge is 0.125 e. The van der Waals surface area contributed by atoms with Crippen LogP contribution in [0.1, 0.15) is 49.9 Å². The molecule has 1 atom stereocenters. The van der Waals surface area contributed by atoms with Crippen molar-refractivity contribution >= 4 is 11.6 Å². The van der Waals surface area contributed by atoms with Crippen molar-refractivity contribution in [3.63, 3.8) is 0 Å². The molecular weight excluding hydrogens is 286 g/mol. The molecule has 1 unspecified atom stereocenters. The van der Waals surface area contributed by atoms with Crippen LogP contribution in [0.2, 0.25) is 5.02 Å². The van der Waals surface area contributed by atoms with Gasteiger partial charge in [0.2, 0.25) is 0 Å². The molecule has 0 fully saturated rings. The molecule has 0 aromatic carbocycles. The van der Waals surface area contributed by atoms with Crippen LogP contribution in [-0.2, 0) is 6.54 Å². The van der Waals surface area contributed by atoms with Crippen LogP contribution in [0.15, 0.2) is 18.5 Å². The van der Waals surface area contributed by atoms with Gasteiger partial charge in [-0.25, -0.2) is 9.97 Å². The van der Waals surface area contributed by atoms with Crippen LogP contribution in [-0.4, -0.2) is 26.3 Å². The summed E-state index contributed by atoms with van der Waals surface area (Å²) >= 11 is 6.38. The number of halogens is 1. The van der Waals surface area contributed by atoms with Gasteiger partial charge in [-0.3, -0.25) is 4.68 Å². The average molecular weight is 308 g/mol. The van der Waals surface area contributed by atoms with Crippen LogP contribution in [0.3, 0.4) is 0 Å². The fourth-order valence-corrected chi connectivity index (χ4v) is 2.56. The Hall–Kier alpha value is -1.46. The van der Waals surface area contributed by atoms with Crippen LogP contribution in [0, 0.1) is 6.92 Å². The second-order valence-electron chi connectivity index (χ2n) is 5.02. The van der Waals surface area contributed by atoms with E-state index >= 15 is 0 Å². The maximum Gasteiger partial charge on any atom is 0.125 e. The van der Waals surface area contributed by atoms with Crippen molar-refractivity contribution in [2.75, 3.05) is 6.54 Å². The summed E-state index contributed by atoms with van der Waals surface area (Å²) in [5, 5.41) is 8.58. The summed E-state index contributed by atoms with van der Waals surface area (Å²) in [7, 11) is 0. The summed E-state index contributed by atoms with van der Waals surface area (Å²) in [6.45, 7) is 7.89. The quantitative estimate of drug-likeness (QED) is 0.854. The van der Waals surface area contributed by atoms with E-state index in [1.54, 1.807) is 12.4 Å². The molecule has 0 saturated heterocycles. The number of hydrogen-bond donors (Lipinski definition) is 1. The highest BCUT2D eigenvalue weighted by molar-refractivity contribution is 6.31. The molecule has 0 bridgehead atoms. The summed E-state index contributed by atoms with van der Waals surface area (Å²) < 4.78 is 1.97. The van der Waals surface area contributed by atoms with Gasteiger partial charge in [-0.1, -0.05) is 25.4 Å². The van der Waals surface area contributed by atoms with E-state index in [-0.39, 0.29) is 6.04 Å². The normalized spacial score (nSPS) is 12.6. The van der Waals surface area contributed by atoms with Gasteiger partial charge in [0, 0.05) is 12.7 Å². The molecule has 114 valence electrons. The van der Waals surface area contributed by atoms with Gasteiger partial charge in [0.05, 0.1) is 28.6 Å². The molecule has 2 aromatic rings. The van der Waals surface area contributed by atoms with E-state index in [2.05, 4.69) is 34.2 Å². The third-order valence-corrected chi connectivity index (χ3v) is 3.53. The molecule has 21 heavy (non-hydrogen) atoms. The third-order valence-electron chi connectivity index (χ3n) is 3.23. The van der Waals surface area contributed by atoms with Crippen LogP contribution in [0.5, 0.6) is 0 Å². The maximum atomic E-state index is 6.38. The van der Waals surface area contributed by atoms with Gasteiger partial charge in [-0.15, -0.1) is 0 Å². The Morgan fingerprint density at radius 1 is 1.33 bits per heavy atom. The van der Waals surface area contributed by atoms with Crippen molar-refractivity contribution in [3.8, 4) is 0 Å². The standard InChI is InChI=1S/C15H22ClN5/c1-4-7-18-14(13-6-8-17-11(3)20-13)15-12(16)10-19-21(15)9-5-2/h6,8,10,14,18H,4-5,7,9H2,1-3H3. The van der Waals surface area contributed by atoms with Crippen molar-refractivity contribution < 1.29 is 0 Å². The zero-order valence-electron chi connectivity index (χ0n) is 12.8. The van der Waals surface area contributed by atoms with Crippen LogP contribution >= 0.6 is 11.6 Å². The van der Waals surface area contributed by atoms with E-state index in [9.17, 15) is 0 Å². The molecule has 0 aliphatic carbocycles. The number of aromatic nitrogens is 4. The third kappa shape index (κ3) is 3.80. The first-order valence-electron chi connectivity index (χ1n) is 7.41. The zero-order valence-corrected chi connectivity index (χ0v) is 13.6. The largest absolute Gasteiger partial charge is 0.304 e. The number of aryl methyl sites for hydroxylation is 2. The van der Waals surface area contributed by atoms with Crippen LogP contribution < -0.4 is 5.32 Å². The van der Waals surface area contributed by atoms with E-state index in [1.165, 1.54) is 0 Å². The number of rotatable bonds is 7. The first-order valence-corrected chi connectivity index (χ1v) is 7.79. The summed E-state index contributed by atoms with van der Waals surface area (Å²) in [6, 6.07) is 1.87. The summed E-state index contributed by atoms with van der Waals surface area (Å²) in [4.78, 5) is 8.72. The predicted molar refractivity (Wildman–Crippen MR) is 84.4 cm³/mol. The summed E-state index contributed by atoms with van der Waals surface area (Å²) in [5.41, 5.74) is 1.90. The van der Waals surface area contributed by atoms with Crippen molar-refractivity contribution in [2.45, 2.75) is 46.2 Å². The topological polar surface area (TPSA) is 55.6 Å². The van der Waals surface area contributed by atoms with Crippen molar-refractivity contribution in [3.05, 3.63) is 40.7 Å². The molecule has 0 saturated carbocycles. The summed E-state index contributed by atoms with van der Waals surface area (Å²) in [5.74, 6) is 0.758. The molecule has 0 spiro atoms. The molecule has 0 aliphatic rings. The Morgan fingerprint density at radius 2 is 2.14 bits per heavy atom. The minimum Gasteiger partial charge on any atom is -0.304 e. The first-order chi connectivity index (χ1) is 10.2. The Morgan fingerprint density at radius 3 is 2.81 bits per heavy atom. The lowest BCUT2D eigenvalue weighted by molar-refractivity contribution is 0.504. The fourth-order valence-electron chi connectivity index (χ4n) is 2.31. The minimum absolute atomic E-state index is 0.0619. The Kier molecular flexibility index (Phi) is 5.70. The number of nitrogens with one attached hydrogen (secondary N) is 1. The van der Waals surface area contributed by atoms with Crippen LogP contribution in [0.25, 0.3) is 0 Å². The molecule has 2 aromatic heterocycles. The van der Waals surface area contributed by atoms with E-state index in [0.29, 0.717) is 5.02 Å². The lowest BCUT2D eigenvalue weighted by Gasteiger charge is -2.20. The van der Waals surface area contributed by atoms with E-state index in [4.69, 9.17) is 11.6 Å². The molecule has 6 heteroatoms. The molecule has 5 nitrogen and oxygen atoms in total. The summed E-state index contributed by atoms with van der Waals surface area (Å²) in [6.07, 6.45) is 5.54. The van der Waals surface area contributed by atoms with Crippen molar-refractivity contribution in [1.29, 1.82) is 0 Å². The first kappa shape index (κ1) is 15.9. The second kappa shape index (κ2) is 7.52. The van der Waals surface area contributed by atoms with E-state index in [0.717, 1.165) is 43.1 Å². The molecule has 0 aliphatic heterocycles. The van der Waals surface area contributed by atoms with Gasteiger partial charge in [0.15, 0.2) is 0 Å². The molecule has 0 amide bonds. The molecule has 2 rings (SSSR count). The zero-order chi connectivity index (χ0) is 15.2. The second-order valence-corrected chi connectivity index (χ2v) is 5.42. The highest BCUT2D eigenvalue weighted by Crippen LogP contribution is 2.27. The monoisotopic (exact) mass is 307 g/mol. The lowest BCUT2D eigenvalue weighted by Crippen LogP contribution is -2.27. The Balaban J connectivity index is 2.42. The van der Waals surface area contributed by atoms with E-state index in [1.807, 2.05) is 17.7 Å².